The minimum Gasteiger partial charge on any atom is -0.370 e. The molecule has 5 heteroatoms. The van der Waals surface area contributed by atoms with E-state index in [4.69, 9.17) is 5.73 Å². The lowest BCUT2D eigenvalue weighted by atomic mass is 10.5. The summed E-state index contributed by atoms with van der Waals surface area (Å²) in [6.07, 6.45) is 6.05. The summed E-state index contributed by atoms with van der Waals surface area (Å²) in [5.41, 5.74) is 6.94. The van der Waals surface area contributed by atoms with Crippen LogP contribution < -0.4 is 5.73 Å². The van der Waals surface area contributed by atoms with Crippen LogP contribution >= 0.6 is 0 Å². The number of hydrogen-bond donors (Lipinski definition) is 1. The van der Waals surface area contributed by atoms with E-state index in [-0.39, 0.29) is 0 Å². The van der Waals surface area contributed by atoms with Crippen LogP contribution in [0.25, 0.3) is 0 Å². The van der Waals surface area contributed by atoms with E-state index in [1.807, 2.05) is 24.9 Å². The SMILES string of the molecule is CN(C(N)=NCc1cncn1C)C1CC1. The van der Waals surface area contributed by atoms with Crippen molar-refractivity contribution in [1.29, 1.82) is 0 Å². The molecule has 0 radical (unpaired) electrons. The van der Waals surface area contributed by atoms with Crippen molar-refractivity contribution in [3.8, 4) is 0 Å². The Hall–Kier alpha value is -1.52. The van der Waals surface area contributed by atoms with Gasteiger partial charge in [0.15, 0.2) is 5.96 Å². The molecule has 5 nitrogen and oxygen atoms in total. The lowest BCUT2D eigenvalue weighted by molar-refractivity contribution is 0.487. The van der Waals surface area contributed by atoms with Crippen molar-refractivity contribution in [1.82, 2.24) is 14.5 Å². The first-order valence-electron chi connectivity index (χ1n) is 5.16. The molecule has 0 saturated heterocycles. The topological polar surface area (TPSA) is 59.4 Å². The standard InChI is InChI=1S/C10H17N5/c1-14-7-12-5-9(14)6-13-10(11)15(2)8-3-4-8/h5,7-8H,3-4,6H2,1-2H3,(H2,11,13). The Balaban J connectivity index is 1.95. The molecular weight excluding hydrogens is 190 g/mol. The summed E-state index contributed by atoms with van der Waals surface area (Å²) >= 11 is 0. The molecule has 0 spiro atoms. The molecule has 1 aliphatic rings. The van der Waals surface area contributed by atoms with Gasteiger partial charge in [-0.15, -0.1) is 0 Å². The van der Waals surface area contributed by atoms with Gasteiger partial charge in [-0.2, -0.15) is 0 Å². The highest BCUT2D eigenvalue weighted by Gasteiger charge is 2.27. The van der Waals surface area contributed by atoms with Gasteiger partial charge < -0.3 is 15.2 Å². The second-order valence-electron chi connectivity index (χ2n) is 4.01. The average molecular weight is 207 g/mol. The lowest BCUT2D eigenvalue weighted by Crippen LogP contribution is -2.35. The number of aryl methyl sites for hydroxylation is 1. The van der Waals surface area contributed by atoms with E-state index < -0.39 is 0 Å². The van der Waals surface area contributed by atoms with Gasteiger partial charge in [0, 0.05) is 20.1 Å². The Morgan fingerprint density at radius 2 is 2.47 bits per heavy atom. The first kappa shape index (κ1) is 10.0. The molecule has 1 aliphatic carbocycles. The highest BCUT2D eigenvalue weighted by molar-refractivity contribution is 5.78. The van der Waals surface area contributed by atoms with E-state index in [1.54, 1.807) is 6.33 Å². The molecule has 82 valence electrons. The van der Waals surface area contributed by atoms with Crippen LogP contribution in [0.4, 0.5) is 0 Å². The summed E-state index contributed by atoms with van der Waals surface area (Å²) in [6.45, 7) is 0.597. The minimum atomic E-state index is 0.597. The summed E-state index contributed by atoms with van der Waals surface area (Å²) < 4.78 is 1.95. The van der Waals surface area contributed by atoms with Crippen LogP contribution in [0.2, 0.25) is 0 Å². The van der Waals surface area contributed by atoms with Crippen molar-refractivity contribution in [2.24, 2.45) is 17.8 Å². The molecule has 2 N–H and O–H groups in total. The van der Waals surface area contributed by atoms with Crippen LogP contribution in [0.15, 0.2) is 17.5 Å². The average Bonchev–Trinajstić information content (AvgIpc) is 2.99. The predicted octanol–water partition coefficient (Wildman–Crippen LogP) is 0.329. The van der Waals surface area contributed by atoms with Crippen LogP contribution in [0, 0.1) is 0 Å². The van der Waals surface area contributed by atoms with Crippen molar-refractivity contribution in [2.75, 3.05) is 7.05 Å². The number of aliphatic imine (C=N–C) groups is 1. The number of imidazole rings is 1. The maximum Gasteiger partial charge on any atom is 0.191 e. The minimum absolute atomic E-state index is 0.597. The van der Waals surface area contributed by atoms with Crippen molar-refractivity contribution in [2.45, 2.75) is 25.4 Å². The molecule has 1 saturated carbocycles. The van der Waals surface area contributed by atoms with Crippen LogP contribution in [0.1, 0.15) is 18.5 Å². The molecule has 15 heavy (non-hydrogen) atoms. The summed E-state index contributed by atoms with van der Waals surface area (Å²) in [5.74, 6) is 0.624. The largest absolute Gasteiger partial charge is 0.370 e. The predicted molar refractivity (Wildman–Crippen MR) is 59.3 cm³/mol. The van der Waals surface area contributed by atoms with Crippen molar-refractivity contribution in [3.05, 3.63) is 18.2 Å². The molecule has 0 unspecified atom stereocenters. The van der Waals surface area contributed by atoms with E-state index in [9.17, 15) is 0 Å². The van der Waals surface area contributed by atoms with Gasteiger partial charge in [0.25, 0.3) is 0 Å². The first-order valence-corrected chi connectivity index (χ1v) is 5.16. The monoisotopic (exact) mass is 207 g/mol. The van der Waals surface area contributed by atoms with Gasteiger partial charge in [0.2, 0.25) is 0 Å². The first-order chi connectivity index (χ1) is 7.18. The Kier molecular flexibility index (Phi) is 2.62. The van der Waals surface area contributed by atoms with Crippen LogP contribution in [0.5, 0.6) is 0 Å². The highest BCUT2D eigenvalue weighted by Crippen LogP contribution is 2.24. The van der Waals surface area contributed by atoms with Gasteiger partial charge in [-0.3, -0.25) is 0 Å². The molecule has 1 aromatic heterocycles. The number of rotatable bonds is 3. The number of nitrogens with two attached hydrogens (primary N) is 1. The fourth-order valence-corrected chi connectivity index (χ4v) is 1.46. The molecule has 0 bridgehead atoms. The molecule has 0 atom stereocenters. The Bertz CT molecular complexity index is 364. The number of guanidine groups is 1. The van der Waals surface area contributed by atoms with Gasteiger partial charge in [0.1, 0.15) is 0 Å². The van der Waals surface area contributed by atoms with E-state index >= 15 is 0 Å². The zero-order chi connectivity index (χ0) is 10.8. The zero-order valence-electron chi connectivity index (χ0n) is 9.22. The quantitative estimate of drug-likeness (QED) is 0.574. The van der Waals surface area contributed by atoms with Gasteiger partial charge in [-0.25, -0.2) is 9.98 Å². The second kappa shape index (κ2) is 3.92. The van der Waals surface area contributed by atoms with Gasteiger partial charge in [0.05, 0.1) is 24.8 Å². The van der Waals surface area contributed by atoms with E-state index in [0.29, 0.717) is 18.5 Å². The summed E-state index contributed by atoms with van der Waals surface area (Å²) in [5, 5.41) is 0. The van der Waals surface area contributed by atoms with Crippen LogP contribution in [0.3, 0.4) is 0 Å². The van der Waals surface area contributed by atoms with E-state index in [2.05, 4.69) is 14.9 Å². The lowest BCUT2D eigenvalue weighted by Gasteiger charge is -2.16. The van der Waals surface area contributed by atoms with E-state index in [0.717, 1.165) is 5.69 Å². The molecule has 1 heterocycles. The molecule has 1 fully saturated rings. The van der Waals surface area contributed by atoms with Crippen LogP contribution in [-0.4, -0.2) is 33.5 Å². The third-order valence-electron chi connectivity index (χ3n) is 2.78. The molecule has 1 aromatic rings. The summed E-state index contributed by atoms with van der Waals surface area (Å²) in [6, 6.07) is 0.611. The second-order valence-corrected chi connectivity index (χ2v) is 4.01. The fourth-order valence-electron chi connectivity index (χ4n) is 1.46. The van der Waals surface area contributed by atoms with Crippen LogP contribution in [-0.2, 0) is 13.6 Å². The molecule has 0 aliphatic heterocycles. The Morgan fingerprint density at radius 3 is 3.00 bits per heavy atom. The molecule has 0 amide bonds. The van der Waals surface area contributed by atoms with Crippen molar-refractivity contribution < 1.29 is 0 Å². The maximum atomic E-state index is 5.87. The Labute approximate surface area is 89.6 Å². The summed E-state index contributed by atoms with van der Waals surface area (Å²) in [7, 11) is 3.96. The maximum absolute atomic E-state index is 5.87. The molecule has 2 rings (SSSR count). The third-order valence-corrected chi connectivity index (χ3v) is 2.78. The number of hydrogen-bond acceptors (Lipinski definition) is 2. The van der Waals surface area contributed by atoms with Gasteiger partial charge in [-0.05, 0) is 12.8 Å². The highest BCUT2D eigenvalue weighted by atomic mass is 15.3. The third kappa shape index (κ3) is 2.29. The van der Waals surface area contributed by atoms with Crippen molar-refractivity contribution in [3.63, 3.8) is 0 Å². The van der Waals surface area contributed by atoms with Gasteiger partial charge in [-0.1, -0.05) is 0 Å². The zero-order valence-corrected chi connectivity index (χ0v) is 9.22. The van der Waals surface area contributed by atoms with Crippen molar-refractivity contribution >= 4 is 5.96 Å². The smallest absolute Gasteiger partial charge is 0.191 e. The normalized spacial score (nSPS) is 16.8. The number of nitrogens with zero attached hydrogens (tertiary/aromatic N) is 4. The molecular formula is C10H17N5. The molecule has 0 aromatic carbocycles. The van der Waals surface area contributed by atoms with E-state index in [1.165, 1.54) is 12.8 Å². The number of aromatic nitrogens is 2. The van der Waals surface area contributed by atoms with Gasteiger partial charge >= 0.3 is 0 Å². The fraction of sp³-hybridized carbons (Fsp3) is 0.600. The summed E-state index contributed by atoms with van der Waals surface area (Å²) in [4.78, 5) is 10.4. The Morgan fingerprint density at radius 1 is 1.73 bits per heavy atom.